The van der Waals surface area contributed by atoms with E-state index in [1.165, 1.54) is 10.5 Å². The number of hydrogen-bond acceptors (Lipinski definition) is 4. The van der Waals surface area contributed by atoms with E-state index in [1.807, 2.05) is 18.2 Å². The largest absolute Gasteiger partial charge is 0.338 e. The maximum Gasteiger partial charge on any atom is 0.317 e. The molecule has 122 valence electrons. The van der Waals surface area contributed by atoms with Gasteiger partial charge in [-0.3, -0.25) is 14.5 Å². The summed E-state index contributed by atoms with van der Waals surface area (Å²) < 4.78 is 0. The lowest BCUT2D eigenvalue weighted by Crippen LogP contribution is -2.63. The third kappa shape index (κ3) is 3.67. The quantitative estimate of drug-likeness (QED) is 0.833. The van der Waals surface area contributed by atoms with Gasteiger partial charge in [0.15, 0.2) is 0 Å². The van der Waals surface area contributed by atoms with Gasteiger partial charge in [0.1, 0.15) is 0 Å². The van der Waals surface area contributed by atoms with Crippen molar-refractivity contribution in [3.63, 3.8) is 0 Å². The number of amides is 4. The minimum atomic E-state index is -0.192. The number of rotatable bonds is 5. The van der Waals surface area contributed by atoms with Gasteiger partial charge in [-0.15, -0.1) is 0 Å². The van der Waals surface area contributed by atoms with E-state index in [0.29, 0.717) is 19.6 Å². The van der Waals surface area contributed by atoms with Crippen LogP contribution in [0.5, 0.6) is 0 Å². The van der Waals surface area contributed by atoms with Gasteiger partial charge in [0.05, 0.1) is 11.8 Å². The van der Waals surface area contributed by atoms with Crippen LogP contribution in [-0.2, 0) is 11.2 Å². The van der Waals surface area contributed by atoms with Gasteiger partial charge in [-0.1, -0.05) is 42.1 Å². The normalized spacial score (nSPS) is 18.3. The monoisotopic (exact) mass is 333 g/mol. The molecule has 2 saturated heterocycles. The van der Waals surface area contributed by atoms with Crippen LogP contribution in [0.3, 0.4) is 0 Å². The van der Waals surface area contributed by atoms with E-state index in [1.54, 1.807) is 4.90 Å². The maximum atomic E-state index is 12.0. The molecule has 23 heavy (non-hydrogen) atoms. The van der Waals surface area contributed by atoms with E-state index >= 15 is 0 Å². The van der Waals surface area contributed by atoms with Gasteiger partial charge in [0.2, 0.25) is 5.91 Å². The van der Waals surface area contributed by atoms with Crippen LogP contribution in [0.4, 0.5) is 9.59 Å². The summed E-state index contributed by atoms with van der Waals surface area (Å²) in [4.78, 5) is 38.1. The van der Waals surface area contributed by atoms with Crippen molar-refractivity contribution in [2.24, 2.45) is 0 Å². The predicted molar refractivity (Wildman–Crippen MR) is 88.2 cm³/mol. The highest BCUT2D eigenvalue weighted by atomic mass is 32.2. The number of imide groups is 1. The van der Waals surface area contributed by atoms with Crippen LogP contribution in [0.2, 0.25) is 0 Å². The summed E-state index contributed by atoms with van der Waals surface area (Å²) in [5.74, 6) is 0.0778. The van der Waals surface area contributed by atoms with Crippen molar-refractivity contribution in [3.8, 4) is 0 Å². The summed E-state index contributed by atoms with van der Waals surface area (Å²) in [7, 11) is 0. The number of thioether (sulfide) groups is 1. The first kappa shape index (κ1) is 15.9. The van der Waals surface area contributed by atoms with E-state index in [0.717, 1.165) is 24.6 Å². The van der Waals surface area contributed by atoms with Gasteiger partial charge in [-0.2, -0.15) is 0 Å². The lowest BCUT2D eigenvalue weighted by Gasteiger charge is -2.42. The van der Waals surface area contributed by atoms with Crippen molar-refractivity contribution in [2.45, 2.75) is 18.9 Å². The van der Waals surface area contributed by atoms with Crippen molar-refractivity contribution in [1.29, 1.82) is 0 Å². The zero-order chi connectivity index (χ0) is 16.2. The summed E-state index contributed by atoms with van der Waals surface area (Å²) in [5.41, 5.74) is 1.26. The average Bonchev–Trinajstić information content (AvgIpc) is 2.83. The Bertz CT molecular complexity index is 586. The first-order valence-electron chi connectivity index (χ1n) is 7.70. The topological polar surface area (TPSA) is 69.7 Å². The lowest BCUT2D eigenvalue weighted by atomic mass is 10.1. The molecule has 1 aromatic rings. The van der Waals surface area contributed by atoms with Crippen molar-refractivity contribution >= 4 is 28.9 Å². The van der Waals surface area contributed by atoms with Crippen LogP contribution in [0, 0.1) is 0 Å². The van der Waals surface area contributed by atoms with Crippen molar-refractivity contribution in [1.82, 2.24) is 15.1 Å². The Balaban J connectivity index is 1.35. The molecule has 6 nitrogen and oxygen atoms in total. The fourth-order valence-corrected chi connectivity index (χ4v) is 3.52. The second kappa shape index (κ2) is 7.04. The molecule has 7 heteroatoms. The van der Waals surface area contributed by atoms with Gasteiger partial charge < -0.3 is 10.2 Å². The molecule has 2 heterocycles. The second-order valence-electron chi connectivity index (χ2n) is 5.70. The van der Waals surface area contributed by atoms with E-state index in [4.69, 9.17) is 0 Å². The van der Waals surface area contributed by atoms with Crippen molar-refractivity contribution in [2.75, 3.05) is 25.4 Å². The van der Waals surface area contributed by atoms with Gasteiger partial charge in [-0.25, -0.2) is 4.79 Å². The highest BCUT2D eigenvalue weighted by Crippen LogP contribution is 2.25. The Morgan fingerprint density at radius 3 is 2.61 bits per heavy atom. The molecule has 0 saturated carbocycles. The Morgan fingerprint density at radius 1 is 1.22 bits per heavy atom. The summed E-state index contributed by atoms with van der Waals surface area (Å²) in [6.45, 7) is 1.48. The number of nitrogens with one attached hydrogen (secondary N) is 1. The van der Waals surface area contributed by atoms with E-state index < -0.39 is 0 Å². The van der Waals surface area contributed by atoms with Gasteiger partial charge >= 0.3 is 6.03 Å². The van der Waals surface area contributed by atoms with Gasteiger partial charge in [0, 0.05) is 19.6 Å². The molecule has 0 atom stereocenters. The number of carbonyl (C=O) groups is 3. The molecule has 4 amide bonds. The average molecular weight is 333 g/mol. The predicted octanol–water partition coefficient (Wildman–Crippen LogP) is 1.71. The van der Waals surface area contributed by atoms with Crippen molar-refractivity contribution in [3.05, 3.63) is 35.9 Å². The molecular formula is C16H19N3O3S. The third-order valence-electron chi connectivity index (χ3n) is 4.06. The molecule has 0 aliphatic carbocycles. The standard InChI is InChI=1S/C16H19N3O3S/c20-14-11-23-16(22)19(14)13-9-18(10-13)15(21)17-8-4-7-12-5-2-1-3-6-12/h1-3,5-6,13H,4,7-11H2,(H,17,21). The third-order valence-corrected chi connectivity index (χ3v) is 4.90. The Kier molecular flexibility index (Phi) is 4.85. The van der Waals surface area contributed by atoms with Gasteiger partial charge in [-0.05, 0) is 18.4 Å². The van der Waals surface area contributed by atoms with E-state index in [2.05, 4.69) is 17.4 Å². The minimum Gasteiger partial charge on any atom is -0.338 e. The summed E-state index contributed by atoms with van der Waals surface area (Å²) in [5, 5.41) is 2.69. The first-order chi connectivity index (χ1) is 11.1. The SMILES string of the molecule is O=C(NCCCc1ccccc1)N1CC(N2C(=O)CSC2=O)C1. The first-order valence-corrected chi connectivity index (χ1v) is 8.69. The molecule has 2 aliphatic rings. The van der Waals surface area contributed by atoms with Crippen LogP contribution in [-0.4, -0.2) is 58.4 Å². The fourth-order valence-electron chi connectivity index (χ4n) is 2.75. The van der Waals surface area contributed by atoms with Crippen LogP contribution >= 0.6 is 11.8 Å². The zero-order valence-electron chi connectivity index (χ0n) is 12.7. The fraction of sp³-hybridized carbons (Fsp3) is 0.438. The molecule has 2 aliphatic heterocycles. The second-order valence-corrected chi connectivity index (χ2v) is 6.62. The molecular weight excluding hydrogens is 314 g/mol. The zero-order valence-corrected chi connectivity index (χ0v) is 13.6. The van der Waals surface area contributed by atoms with Gasteiger partial charge in [0.25, 0.3) is 5.24 Å². The van der Waals surface area contributed by atoms with Crippen molar-refractivity contribution < 1.29 is 14.4 Å². The number of likely N-dealkylation sites (tertiary alicyclic amines) is 1. The highest BCUT2D eigenvalue weighted by molar-refractivity contribution is 8.14. The van der Waals surface area contributed by atoms with Crippen LogP contribution in [0.15, 0.2) is 30.3 Å². The summed E-state index contributed by atoms with van der Waals surface area (Å²) >= 11 is 1.03. The Morgan fingerprint density at radius 2 is 1.96 bits per heavy atom. The Labute approximate surface area is 139 Å². The van der Waals surface area contributed by atoms with Crippen LogP contribution in [0.25, 0.3) is 0 Å². The number of benzene rings is 1. The number of hydrogen-bond donors (Lipinski definition) is 1. The number of aryl methyl sites for hydroxylation is 1. The summed E-state index contributed by atoms with van der Waals surface area (Å²) in [6, 6.07) is 9.87. The molecule has 3 rings (SSSR count). The van der Waals surface area contributed by atoms with E-state index in [9.17, 15) is 14.4 Å². The summed E-state index contributed by atoms with van der Waals surface area (Å²) in [6.07, 6.45) is 1.81. The van der Waals surface area contributed by atoms with E-state index in [-0.39, 0.29) is 29.0 Å². The molecule has 0 radical (unpaired) electrons. The number of urea groups is 1. The number of nitrogens with zero attached hydrogens (tertiary/aromatic N) is 2. The maximum absolute atomic E-state index is 12.0. The molecule has 0 bridgehead atoms. The molecule has 2 fully saturated rings. The molecule has 1 N–H and O–H groups in total. The lowest BCUT2D eigenvalue weighted by molar-refractivity contribution is -0.128. The molecule has 0 spiro atoms. The highest BCUT2D eigenvalue weighted by Gasteiger charge is 2.43. The van der Waals surface area contributed by atoms with Crippen LogP contribution < -0.4 is 5.32 Å². The van der Waals surface area contributed by atoms with Crippen LogP contribution in [0.1, 0.15) is 12.0 Å². The number of carbonyl (C=O) groups excluding carboxylic acids is 3. The minimum absolute atomic E-state index is 0.124. The smallest absolute Gasteiger partial charge is 0.317 e. The molecule has 0 aromatic heterocycles. The molecule has 1 aromatic carbocycles. The molecule has 0 unspecified atom stereocenters. The Hall–Kier alpha value is -2.02.